The number of hydrogen-bond acceptors (Lipinski definition) is 5. The van der Waals surface area contributed by atoms with Gasteiger partial charge in [0.15, 0.2) is 23.3 Å². The summed E-state index contributed by atoms with van der Waals surface area (Å²) in [6, 6.07) is 8.85. The first-order chi connectivity index (χ1) is 15.8. The molecule has 9 heteroatoms. The van der Waals surface area contributed by atoms with Crippen LogP contribution in [0.4, 0.5) is 29.3 Å². The molecular weight excluding hydrogens is 434 g/mol. The maximum atomic E-state index is 13.8. The molecule has 0 radical (unpaired) electrons. The van der Waals surface area contributed by atoms with Gasteiger partial charge in [-0.1, -0.05) is 12.1 Å². The Bertz CT molecular complexity index is 1130. The summed E-state index contributed by atoms with van der Waals surface area (Å²) in [7, 11) is 3.91. The topological polar surface area (TPSA) is 53.1 Å². The van der Waals surface area contributed by atoms with E-state index in [2.05, 4.69) is 15.6 Å². The molecule has 0 saturated heterocycles. The van der Waals surface area contributed by atoms with E-state index in [0.29, 0.717) is 24.5 Å². The van der Waals surface area contributed by atoms with Crippen LogP contribution in [-0.2, 0) is 6.54 Å². The molecule has 0 atom stereocenters. The highest BCUT2D eigenvalue weighted by molar-refractivity contribution is 5.90. The Morgan fingerprint density at radius 3 is 2.39 bits per heavy atom. The fourth-order valence-corrected chi connectivity index (χ4v) is 4.32. The fourth-order valence-electron chi connectivity index (χ4n) is 4.32. The van der Waals surface area contributed by atoms with Crippen molar-refractivity contribution < 1.29 is 17.6 Å². The van der Waals surface area contributed by atoms with Crippen molar-refractivity contribution in [3.8, 4) is 0 Å². The number of fused-ring (bicyclic) bond motifs is 1. The highest BCUT2D eigenvalue weighted by Crippen LogP contribution is 2.28. The van der Waals surface area contributed by atoms with Gasteiger partial charge in [0.1, 0.15) is 5.82 Å². The highest BCUT2D eigenvalue weighted by atomic mass is 19.2. The number of benzene rings is 2. The van der Waals surface area contributed by atoms with Crippen LogP contribution in [0.15, 0.2) is 30.3 Å². The molecule has 0 unspecified atom stereocenters. The van der Waals surface area contributed by atoms with E-state index in [1.165, 1.54) is 0 Å². The monoisotopic (exact) mass is 461 g/mol. The predicted octanol–water partition coefficient (Wildman–Crippen LogP) is 5.01. The van der Waals surface area contributed by atoms with E-state index < -0.39 is 23.3 Å². The molecular formula is C24H27F4N5. The van der Waals surface area contributed by atoms with E-state index in [-0.39, 0.29) is 18.2 Å². The van der Waals surface area contributed by atoms with Crippen LogP contribution >= 0.6 is 0 Å². The molecule has 0 spiro atoms. The molecule has 1 saturated carbocycles. The number of hydrogen-bond donors (Lipinski definition) is 2. The van der Waals surface area contributed by atoms with Gasteiger partial charge in [-0.05, 0) is 56.3 Å². The van der Waals surface area contributed by atoms with Crippen LogP contribution in [0.3, 0.4) is 0 Å². The second-order valence-corrected chi connectivity index (χ2v) is 8.73. The molecule has 0 bridgehead atoms. The molecule has 3 aromatic rings. The second-order valence-electron chi connectivity index (χ2n) is 8.73. The molecule has 0 amide bonds. The van der Waals surface area contributed by atoms with Crippen LogP contribution in [0.2, 0.25) is 0 Å². The molecule has 1 aromatic heterocycles. The number of nitrogens with zero attached hydrogens (tertiary/aromatic N) is 3. The zero-order valence-electron chi connectivity index (χ0n) is 18.6. The summed E-state index contributed by atoms with van der Waals surface area (Å²) in [6.07, 6.45) is 3.73. The van der Waals surface area contributed by atoms with Crippen molar-refractivity contribution in [2.24, 2.45) is 5.92 Å². The Kier molecular flexibility index (Phi) is 6.97. The van der Waals surface area contributed by atoms with Crippen LogP contribution in [0.1, 0.15) is 31.2 Å². The summed E-state index contributed by atoms with van der Waals surface area (Å²) >= 11 is 0. The van der Waals surface area contributed by atoms with E-state index in [4.69, 9.17) is 4.98 Å². The fraction of sp³-hybridized carbons (Fsp3) is 0.417. The van der Waals surface area contributed by atoms with Gasteiger partial charge >= 0.3 is 0 Å². The quantitative estimate of drug-likeness (QED) is 0.294. The molecule has 0 aliphatic heterocycles. The normalized spacial score (nSPS) is 18.5. The zero-order valence-corrected chi connectivity index (χ0v) is 18.6. The average Bonchev–Trinajstić information content (AvgIpc) is 2.81. The first-order valence-electron chi connectivity index (χ1n) is 11.1. The van der Waals surface area contributed by atoms with Crippen molar-refractivity contribution in [3.63, 3.8) is 0 Å². The third-order valence-electron chi connectivity index (χ3n) is 6.11. The molecule has 1 aliphatic rings. The minimum absolute atomic E-state index is 0.0592. The number of para-hydroxylation sites is 1. The van der Waals surface area contributed by atoms with Gasteiger partial charge in [0.2, 0.25) is 5.95 Å². The first-order valence-corrected chi connectivity index (χ1v) is 11.1. The lowest BCUT2D eigenvalue weighted by molar-refractivity contribution is 0.322. The van der Waals surface area contributed by atoms with Gasteiger partial charge in [0, 0.05) is 37.6 Å². The minimum Gasteiger partial charge on any atom is -0.362 e. The smallest absolute Gasteiger partial charge is 0.225 e. The van der Waals surface area contributed by atoms with E-state index in [1.807, 2.05) is 43.3 Å². The predicted molar refractivity (Wildman–Crippen MR) is 121 cm³/mol. The number of rotatable bonds is 7. The first kappa shape index (κ1) is 23.2. The van der Waals surface area contributed by atoms with Crippen molar-refractivity contribution >= 4 is 22.7 Å². The van der Waals surface area contributed by atoms with Gasteiger partial charge in [-0.25, -0.2) is 22.5 Å². The number of halogens is 4. The number of aromatic nitrogens is 2. The van der Waals surface area contributed by atoms with Crippen LogP contribution in [-0.4, -0.2) is 36.6 Å². The summed E-state index contributed by atoms with van der Waals surface area (Å²) < 4.78 is 53.6. The van der Waals surface area contributed by atoms with Crippen molar-refractivity contribution in [2.45, 2.75) is 38.3 Å². The van der Waals surface area contributed by atoms with Gasteiger partial charge in [-0.15, -0.1) is 0 Å². The third-order valence-corrected chi connectivity index (χ3v) is 6.11. The Balaban J connectivity index is 1.30. The van der Waals surface area contributed by atoms with Crippen LogP contribution in [0, 0.1) is 29.2 Å². The van der Waals surface area contributed by atoms with Crippen LogP contribution < -0.4 is 15.5 Å². The van der Waals surface area contributed by atoms with Crippen LogP contribution in [0.25, 0.3) is 10.9 Å². The molecule has 1 fully saturated rings. The molecule has 2 aromatic carbocycles. The standard InChI is InChI=1S/C24H27F4N5/c1-33(2)23-17-5-3-4-6-19(17)31-24(32-23)30-16-9-7-14(8-10-16)12-29-13-15-11-18(25)21(27)22(28)20(15)26/h3-6,11,14,16,29H,7-10,12-13H2,1-2H3,(H,30,31,32). The molecule has 33 heavy (non-hydrogen) atoms. The molecule has 5 nitrogen and oxygen atoms in total. The van der Waals surface area contributed by atoms with Gasteiger partial charge < -0.3 is 15.5 Å². The lowest BCUT2D eigenvalue weighted by Crippen LogP contribution is -2.32. The number of nitrogens with one attached hydrogen (secondary N) is 2. The Morgan fingerprint density at radius 1 is 0.939 bits per heavy atom. The lowest BCUT2D eigenvalue weighted by atomic mass is 9.86. The van der Waals surface area contributed by atoms with E-state index in [0.717, 1.165) is 42.4 Å². The molecule has 1 heterocycles. The molecule has 2 N–H and O–H groups in total. The molecule has 4 rings (SSSR count). The summed E-state index contributed by atoms with van der Waals surface area (Å²) in [5, 5.41) is 7.50. The summed E-state index contributed by atoms with van der Waals surface area (Å²) in [6.45, 7) is 0.528. The van der Waals surface area contributed by atoms with Gasteiger partial charge in [0.05, 0.1) is 5.52 Å². The Hall–Kier alpha value is -2.94. The second kappa shape index (κ2) is 9.91. The van der Waals surface area contributed by atoms with Gasteiger partial charge in [0.25, 0.3) is 0 Å². The zero-order chi connectivity index (χ0) is 23.5. The van der Waals surface area contributed by atoms with Crippen molar-refractivity contribution in [1.29, 1.82) is 0 Å². The lowest BCUT2D eigenvalue weighted by Gasteiger charge is -2.29. The van der Waals surface area contributed by atoms with Crippen molar-refractivity contribution in [1.82, 2.24) is 15.3 Å². The van der Waals surface area contributed by atoms with Gasteiger partial charge in [-0.2, -0.15) is 4.98 Å². The van der Waals surface area contributed by atoms with E-state index >= 15 is 0 Å². The summed E-state index contributed by atoms with van der Waals surface area (Å²) in [5.74, 6) is -4.46. The largest absolute Gasteiger partial charge is 0.362 e. The average molecular weight is 462 g/mol. The minimum atomic E-state index is -1.78. The summed E-state index contributed by atoms with van der Waals surface area (Å²) in [5.41, 5.74) is 0.671. The SMILES string of the molecule is CN(C)c1nc(NC2CCC(CNCc3cc(F)c(F)c(F)c3F)CC2)nc2ccccc12. The molecule has 1 aliphatic carbocycles. The van der Waals surface area contributed by atoms with E-state index in [1.54, 1.807) is 0 Å². The van der Waals surface area contributed by atoms with E-state index in [9.17, 15) is 17.6 Å². The van der Waals surface area contributed by atoms with Gasteiger partial charge in [-0.3, -0.25) is 0 Å². The highest BCUT2D eigenvalue weighted by Gasteiger charge is 2.23. The van der Waals surface area contributed by atoms with Crippen LogP contribution in [0.5, 0.6) is 0 Å². The Labute approximate surface area is 190 Å². The van der Waals surface area contributed by atoms with Crippen molar-refractivity contribution in [3.05, 3.63) is 59.2 Å². The maximum absolute atomic E-state index is 13.8. The number of anilines is 2. The Morgan fingerprint density at radius 2 is 1.67 bits per heavy atom. The van der Waals surface area contributed by atoms with Crippen molar-refractivity contribution in [2.75, 3.05) is 30.9 Å². The summed E-state index contributed by atoms with van der Waals surface area (Å²) in [4.78, 5) is 11.3. The third kappa shape index (κ3) is 5.19. The maximum Gasteiger partial charge on any atom is 0.225 e. The molecule has 176 valence electrons.